The van der Waals surface area contributed by atoms with Gasteiger partial charge in [0.05, 0.1) is 23.9 Å². The average Bonchev–Trinajstić information content (AvgIpc) is 3.41. The summed E-state index contributed by atoms with van der Waals surface area (Å²) in [5.74, 6) is 0.0267. The molecule has 1 aliphatic rings. The van der Waals surface area contributed by atoms with Gasteiger partial charge in [-0.3, -0.25) is 9.78 Å². The molecule has 9 heteroatoms. The summed E-state index contributed by atoms with van der Waals surface area (Å²) in [5, 5.41) is 4.46. The molecule has 0 aliphatic heterocycles. The molecule has 3 heterocycles. The van der Waals surface area contributed by atoms with Gasteiger partial charge in [0.2, 0.25) is 0 Å². The Morgan fingerprint density at radius 2 is 2.10 bits per heavy atom. The van der Waals surface area contributed by atoms with E-state index >= 15 is 0 Å². The SMILES string of the molecule is COC(=O)c1cccc([C@H]2C[C@@H]2c2cc(-c3c[nH]c(=O)[nH]c3=O)nn3ccnc23)c1. The van der Waals surface area contributed by atoms with Crippen molar-refractivity contribution in [2.45, 2.75) is 18.3 Å². The highest BCUT2D eigenvalue weighted by atomic mass is 16.5. The van der Waals surface area contributed by atoms with Crippen molar-refractivity contribution in [2.75, 3.05) is 7.11 Å². The number of ether oxygens (including phenoxy) is 1. The number of hydrogen-bond acceptors (Lipinski definition) is 6. The summed E-state index contributed by atoms with van der Waals surface area (Å²) in [6, 6.07) is 9.27. The van der Waals surface area contributed by atoms with E-state index in [9.17, 15) is 14.4 Å². The summed E-state index contributed by atoms with van der Waals surface area (Å²) in [5.41, 5.74) is 2.89. The Bertz CT molecular complexity index is 1400. The number of benzene rings is 1. The summed E-state index contributed by atoms with van der Waals surface area (Å²) in [6.07, 6.45) is 5.62. The number of aromatic nitrogens is 5. The number of methoxy groups -OCH3 is 1. The number of carbonyl (C=O) groups is 1. The van der Waals surface area contributed by atoms with Gasteiger partial charge in [0, 0.05) is 24.2 Å². The van der Waals surface area contributed by atoms with Crippen LogP contribution in [0.25, 0.3) is 16.9 Å². The largest absolute Gasteiger partial charge is 0.465 e. The third kappa shape index (κ3) is 3.00. The topological polar surface area (TPSA) is 122 Å². The molecule has 9 nitrogen and oxygen atoms in total. The predicted molar refractivity (Wildman–Crippen MR) is 108 cm³/mol. The second-order valence-electron chi connectivity index (χ2n) is 7.23. The molecule has 1 fully saturated rings. The third-order valence-corrected chi connectivity index (χ3v) is 5.41. The standard InChI is InChI=1S/C21H17N5O4/c1-30-20(28)12-4-2-3-11(7-12)13-8-14(13)15-9-17(25-26-6-5-22-18(15)26)16-10-23-21(29)24-19(16)27/h2-7,9-10,13-14H,8H2,1H3,(H2,23,24,27,29)/t13-,14+/m1/s1. The van der Waals surface area contributed by atoms with Crippen molar-refractivity contribution in [3.8, 4) is 11.3 Å². The van der Waals surface area contributed by atoms with Gasteiger partial charge in [-0.25, -0.2) is 19.1 Å². The van der Waals surface area contributed by atoms with Gasteiger partial charge in [-0.1, -0.05) is 12.1 Å². The van der Waals surface area contributed by atoms with Gasteiger partial charge in [0.25, 0.3) is 5.56 Å². The van der Waals surface area contributed by atoms with E-state index in [2.05, 4.69) is 20.1 Å². The zero-order valence-electron chi connectivity index (χ0n) is 16.0. The highest BCUT2D eigenvalue weighted by molar-refractivity contribution is 5.89. The van der Waals surface area contributed by atoms with Crippen LogP contribution in [-0.2, 0) is 4.74 Å². The maximum atomic E-state index is 12.2. The average molecular weight is 403 g/mol. The number of aromatic amines is 2. The first kappa shape index (κ1) is 18.0. The molecule has 0 spiro atoms. The first-order valence-electron chi connectivity index (χ1n) is 9.40. The molecule has 1 saturated carbocycles. The Labute approximate surface area is 169 Å². The number of carbonyl (C=O) groups excluding carboxylic acids is 1. The van der Waals surface area contributed by atoms with Crippen molar-refractivity contribution in [2.24, 2.45) is 0 Å². The van der Waals surface area contributed by atoms with E-state index in [0.717, 1.165) is 23.2 Å². The lowest BCUT2D eigenvalue weighted by molar-refractivity contribution is 0.0600. The lowest BCUT2D eigenvalue weighted by atomic mass is 10.0. The fourth-order valence-corrected chi connectivity index (χ4v) is 3.87. The fourth-order valence-electron chi connectivity index (χ4n) is 3.87. The second kappa shape index (κ2) is 6.80. The highest BCUT2D eigenvalue weighted by Gasteiger charge is 2.41. The summed E-state index contributed by atoms with van der Waals surface area (Å²) < 4.78 is 6.45. The molecule has 1 aromatic carbocycles. The second-order valence-corrected chi connectivity index (χ2v) is 7.23. The summed E-state index contributed by atoms with van der Waals surface area (Å²) in [6.45, 7) is 0. The van der Waals surface area contributed by atoms with Gasteiger partial charge in [0.1, 0.15) is 0 Å². The van der Waals surface area contributed by atoms with Crippen LogP contribution in [-0.4, -0.2) is 37.6 Å². The van der Waals surface area contributed by atoms with Crippen molar-refractivity contribution in [1.29, 1.82) is 0 Å². The summed E-state index contributed by atoms with van der Waals surface area (Å²) in [4.78, 5) is 44.6. The van der Waals surface area contributed by atoms with Gasteiger partial charge in [-0.15, -0.1) is 0 Å². The molecule has 2 N–H and O–H groups in total. The molecular weight excluding hydrogens is 386 g/mol. The van der Waals surface area contributed by atoms with Crippen molar-refractivity contribution in [1.82, 2.24) is 24.6 Å². The molecule has 0 bridgehead atoms. The molecule has 0 radical (unpaired) electrons. The Kier molecular flexibility index (Phi) is 4.09. The molecule has 5 rings (SSSR count). The Hall–Kier alpha value is -4.01. The molecule has 150 valence electrons. The molecule has 4 aromatic rings. The van der Waals surface area contributed by atoms with E-state index < -0.39 is 11.2 Å². The lowest BCUT2D eigenvalue weighted by Crippen LogP contribution is -2.23. The monoisotopic (exact) mass is 403 g/mol. The molecule has 0 saturated heterocycles. The van der Waals surface area contributed by atoms with Crippen molar-refractivity contribution < 1.29 is 9.53 Å². The smallest absolute Gasteiger partial charge is 0.337 e. The van der Waals surface area contributed by atoms with Crippen LogP contribution in [0, 0.1) is 0 Å². The molecule has 30 heavy (non-hydrogen) atoms. The molecule has 1 aliphatic carbocycles. The first-order chi connectivity index (χ1) is 14.5. The lowest BCUT2D eigenvalue weighted by Gasteiger charge is -2.08. The van der Waals surface area contributed by atoms with Crippen molar-refractivity contribution in [3.05, 3.63) is 86.5 Å². The number of imidazole rings is 1. The van der Waals surface area contributed by atoms with Gasteiger partial charge < -0.3 is 9.72 Å². The van der Waals surface area contributed by atoms with Gasteiger partial charge in [-0.2, -0.15) is 5.10 Å². The fraction of sp³-hybridized carbons (Fsp3) is 0.190. The zero-order chi connectivity index (χ0) is 20.8. The minimum atomic E-state index is -0.569. The number of H-pyrrole nitrogens is 2. The minimum Gasteiger partial charge on any atom is -0.465 e. The van der Waals surface area contributed by atoms with Crippen LogP contribution in [0.4, 0.5) is 0 Å². The van der Waals surface area contributed by atoms with E-state index in [-0.39, 0.29) is 23.4 Å². The number of nitrogens with one attached hydrogen (secondary N) is 2. The van der Waals surface area contributed by atoms with Crippen LogP contribution in [0.5, 0.6) is 0 Å². The van der Waals surface area contributed by atoms with Gasteiger partial charge >= 0.3 is 11.7 Å². The highest BCUT2D eigenvalue weighted by Crippen LogP contribution is 2.55. The third-order valence-electron chi connectivity index (χ3n) is 5.41. The van der Waals surface area contributed by atoms with Crippen molar-refractivity contribution >= 4 is 11.6 Å². The van der Waals surface area contributed by atoms with Crippen LogP contribution in [0.1, 0.15) is 39.7 Å². The first-order valence-corrected chi connectivity index (χ1v) is 9.40. The number of rotatable bonds is 4. The predicted octanol–water partition coefficient (Wildman–Crippen LogP) is 1.83. The van der Waals surface area contributed by atoms with Crippen molar-refractivity contribution in [3.63, 3.8) is 0 Å². The number of esters is 1. The van der Waals surface area contributed by atoms with Gasteiger partial charge in [0.15, 0.2) is 5.65 Å². The molecular formula is C21H17N5O4. The molecule has 0 amide bonds. The van der Waals surface area contributed by atoms with E-state index in [1.165, 1.54) is 13.3 Å². The molecule has 0 unspecified atom stereocenters. The minimum absolute atomic E-state index is 0.173. The Balaban J connectivity index is 1.56. The maximum Gasteiger partial charge on any atom is 0.337 e. The van der Waals surface area contributed by atoms with E-state index in [4.69, 9.17) is 4.74 Å². The summed E-state index contributed by atoms with van der Waals surface area (Å²) >= 11 is 0. The summed E-state index contributed by atoms with van der Waals surface area (Å²) in [7, 11) is 1.36. The van der Waals surface area contributed by atoms with Crippen LogP contribution in [0.3, 0.4) is 0 Å². The van der Waals surface area contributed by atoms with Crippen LogP contribution in [0.2, 0.25) is 0 Å². The van der Waals surface area contributed by atoms with E-state index in [1.54, 1.807) is 23.0 Å². The number of hydrogen-bond donors (Lipinski definition) is 2. The number of fused-ring (bicyclic) bond motifs is 1. The molecule has 3 aromatic heterocycles. The van der Waals surface area contributed by atoms with Crippen LogP contribution in [0.15, 0.2) is 58.5 Å². The van der Waals surface area contributed by atoms with Crippen LogP contribution < -0.4 is 11.2 Å². The number of nitrogens with zero attached hydrogens (tertiary/aromatic N) is 3. The van der Waals surface area contributed by atoms with Crippen LogP contribution >= 0.6 is 0 Å². The normalized spacial score (nSPS) is 17.8. The van der Waals surface area contributed by atoms with E-state index in [1.807, 2.05) is 24.3 Å². The quantitative estimate of drug-likeness (QED) is 0.501. The zero-order valence-corrected chi connectivity index (χ0v) is 16.0. The Morgan fingerprint density at radius 3 is 2.90 bits per heavy atom. The maximum absolute atomic E-state index is 12.2. The van der Waals surface area contributed by atoms with Gasteiger partial charge in [-0.05, 0) is 42.0 Å². The Morgan fingerprint density at radius 1 is 1.23 bits per heavy atom. The molecule has 2 atom stereocenters. The van der Waals surface area contributed by atoms with E-state index in [0.29, 0.717) is 11.3 Å².